The smallest absolute Gasteiger partial charge is 0.322 e. The van der Waals surface area contributed by atoms with E-state index in [1.165, 1.54) is 6.07 Å². The van der Waals surface area contributed by atoms with Gasteiger partial charge in [0.15, 0.2) is 17.5 Å². The van der Waals surface area contributed by atoms with Crippen LogP contribution in [0, 0.1) is 5.92 Å². The standard InChI is InChI=1S/C16H14ClNO6/c17-8-1-2-10-9(5-8)13(21)12(15(23)18-6-11(19)20)14(22)16(10)3-4-24-7-16/h1-2,5,12H,3-4,6-7H2,(H,18,23)(H,19,20). The fourth-order valence-corrected chi connectivity index (χ4v) is 3.47. The number of rotatable bonds is 3. The van der Waals surface area contributed by atoms with Gasteiger partial charge in [0.25, 0.3) is 0 Å². The number of aliphatic carboxylic acids is 1. The minimum absolute atomic E-state index is 0.0798. The molecular weight excluding hydrogens is 338 g/mol. The van der Waals surface area contributed by atoms with Gasteiger partial charge >= 0.3 is 5.97 Å². The third kappa shape index (κ3) is 2.50. The molecule has 1 aromatic carbocycles. The summed E-state index contributed by atoms with van der Waals surface area (Å²) in [6, 6.07) is 4.64. The molecular formula is C16H14ClNO6. The molecule has 126 valence electrons. The summed E-state index contributed by atoms with van der Waals surface area (Å²) in [5, 5.41) is 11.1. The summed E-state index contributed by atoms with van der Waals surface area (Å²) in [7, 11) is 0. The number of hydrogen-bond acceptors (Lipinski definition) is 5. The molecule has 1 fully saturated rings. The van der Waals surface area contributed by atoms with Crippen molar-refractivity contribution in [2.45, 2.75) is 11.8 Å². The molecule has 7 nitrogen and oxygen atoms in total. The largest absolute Gasteiger partial charge is 0.480 e. The third-order valence-electron chi connectivity index (χ3n) is 4.46. The second-order valence-electron chi connectivity index (χ2n) is 5.85. The van der Waals surface area contributed by atoms with Gasteiger partial charge in [-0.1, -0.05) is 17.7 Å². The molecule has 2 aliphatic rings. The van der Waals surface area contributed by atoms with Crippen LogP contribution in [0.2, 0.25) is 5.02 Å². The van der Waals surface area contributed by atoms with E-state index in [4.69, 9.17) is 21.4 Å². The average Bonchev–Trinajstić information content (AvgIpc) is 3.02. The SMILES string of the molecule is O=C(O)CNC(=O)C1C(=O)c2cc(Cl)ccc2C2(CCOC2)C1=O. The summed E-state index contributed by atoms with van der Waals surface area (Å²) in [5.41, 5.74) is -0.344. The molecule has 2 N–H and O–H groups in total. The summed E-state index contributed by atoms with van der Waals surface area (Å²) in [4.78, 5) is 48.5. The lowest BCUT2D eigenvalue weighted by atomic mass is 9.64. The van der Waals surface area contributed by atoms with Crippen LogP contribution in [0.4, 0.5) is 0 Å². The molecule has 1 aliphatic heterocycles. The van der Waals surface area contributed by atoms with Crippen molar-refractivity contribution in [3.05, 3.63) is 34.3 Å². The molecule has 2 atom stereocenters. The number of carbonyl (C=O) groups is 4. The van der Waals surface area contributed by atoms with E-state index in [1.54, 1.807) is 12.1 Å². The Morgan fingerprint density at radius 1 is 1.38 bits per heavy atom. The highest BCUT2D eigenvalue weighted by Gasteiger charge is 2.55. The summed E-state index contributed by atoms with van der Waals surface area (Å²) >= 11 is 5.96. The predicted molar refractivity (Wildman–Crippen MR) is 82.0 cm³/mol. The number of amides is 1. The summed E-state index contributed by atoms with van der Waals surface area (Å²) in [5.74, 6) is -4.98. The van der Waals surface area contributed by atoms with Crippen molar-refractivity contribution in [2.24, 2.45) is 5.92 Å². The second-order valence-corrected chi connectivity index (χ2v) is 6.28. The van der Waals surface area contributed by atoms with Gasteiger partial charge in [0.2, 0.25) is 5.91 Å². The molecule has 1 amide bonds. The van der Waals surface area contributed by atoms with Gasteiger partial charge in [0.1, 0.15) is 6.54 Å². The first kappa shape index (κ1) is 16.6. The molecule has 1 heterocycles. The molecule has 0 saturated carbocycles. The molecule has 3 rings (SSSR count). The Labute approximate surface area is 141 Å². The number of benzene rings is 1. The fraction of sp³-hybridized carbons (Fsp3) is 0.375. The van der Waals surface area contributed by atoms with Crippen LogP contribution < -0.4 is 5.32 Å². The van der Waals surface area contributed by atoms with Crippen molar-refractivity contribution in [1.29, 1.82) is 0 Å². The summed E-state index contributed by atoms with van der Waals surface area (Å²) in [6.45, 7) is -0.246. The minimum Gasteiger partial charge on any atom is -0.480 e. The Balaban J connectivity index is 2.07. The quantitative estimate of drug-likeness (QED) is 0.771. The van der Waals surface area contributed by atoms with Crippen LogP contribution in [0.15, 0.2) is 18.2 Å². The number of nitrogens with one attached hydrogen (secondary N) is 1. The zero-order valence-electron chi connectivity index (χ0n) is 12.5. The van der Waals surface area contributed by atoms with Gasteiger partial charge in [0, 0.05) is 17.2 Å². The van der Waals surface area contributed by atoms with E-state index < -0.39 is 41.3 Å². The van der Waals surface area contributed by atoms with Crippen LogP contribution in [0.3, 0.4) is 0 Å². The first-order chi connectivity index (χ1) is 11.4. The fourth-order valence-electron chi connectivity index (χ4n) is 3.30. The zero-order chi connectivity index (χ0) is 17.5. The van der Waals surface area contributed by atoms with Crippen LogP contribution in [-0.4, -0.2) is 48.3 Å². The molecule has 0 radical (unpaired) electrons. The Bertz CT molecular complexity index is 753. The van der Waals surface area contributed by atoms with Gasteiger partial charge < -0.3 is 15.2 Å². The maximum Gasteiger partial charge on any atom is 0.322 e. The summed E-state index contributed by atoms with van der Waals surface area (Å²) in [6.07, 6.45) is 0.358. The van der Waals surface area contributed by atoms with Crippen molar-refractivity contribution in [3.8, 4) is 0 Å². The number of fused-ring (bicyclic) bond motifs is 2. The first-order valence-electron chi connectivity index (χ1n) is 7.32. The van der Waals surface area contributed by atoms with Gasteiger partial charge in [-0.3, -0.25) is 19.2 Å². The van der Waals surface area contributed by atoms with E-state index >= 15 is 0 Å². The lowest BCUT2D eigenvalue weighted by molar-refractivity contribution is -0.141. The Morgan fingerprint density at radius 3 is 2.75 bits per heavy atom. The summed E-state index contributed by atoms with van der Waals surface area (Å²) < 4.78 is 5.37. The number of carboxylic acids is 1. The van der Waals surface area contributed by atoms with Crippen LogP contribution >= 0.6 is 11.6 Å². The van der Waals surface area contributed by atoms with Gasteiger partial charge in [-0.2, -0.15) is 0 Å². The van der Waals surface area contributed by atoms with Gasteiger partial charge in [0.05, 0.1) is 12.0 Å². The van der Waals surface area contributed by atoms with E-state index in [2.05, 4.69) is 5.32 Å². The van der Waals surface area contributed by atoms with Crippen LogP contribution in [0.1, 0.15) is 22.3 Å². The molecule has 0 aromatic heterocycles. The predicted octanol–water partition coefficient (Wildman–Crippen LogP) is 0.580. The van der Waals surface area contributed by atoms with E-state index in [9.17, 15) is 19.2 Å². The highest BCUT2D eigenvalue weighted by molar-refractivity contribution is 6.33. The Morgan fingerprint density at radius 2 is 2.12 bits per heavy atom. The van der Waals surface area contributed by atoms with Crippen molar-refractivity contribution in [3.63, 3.8) is 0 Å². The van der Waals surface area contributed by atoms with E-state index in [0.717, 1.165) is 0 Å². The molecule has 1 aromatic rings. The maximum absolute atomic E-state index is 13.0. The number of hydrogen-bond donors (Lipinski definition) is 2. The Kier molecular flexibility index (Phi) is 4.15. The van der Waals surface area contributed by atoms with Gasteiger partial charge in [-0.15, -0.1) is 0 Å². The number of carboxylic acid groups (broad SMARTS) is 1. The van der Waals surface area contributed by atoms with Crippen molar-refractivity contribution in [2.75, 3.05) is 19.8 Å². The molecule has 1 saturated heterocycles. The van der Waals surface area contributed by atoms with Crippen LogP contribution in [-0.2, 0) is 24.5 Å². The highest BCUT2D eigenvalue weighted by atomic mass is 35.5. The number of carbonyl (C=O) groups excluding carboxylic acids is 3. The molecule has 24 heavy (non-hydrogen) atoms. The molecule has 8 heteroatoms. The number of halogens is 1. The molecule has 1 aliphatic carbocycles. The monoisotopic (exact) mass is 351 g/mol. The van der Waals surface area contributed by atoms with Crippen molar-refractivity contribution >= 4 is 35.0 Å². The van der Waals surface area contributed by atoms with Crippen LogP contribution in [0.25, 0.3) is 0 Å². The number of ether oxygens (including phenoxy) is 1. The maximum atomic E-state index is 13.0. The molecule has 0 bridgehead atoms. The van der Waals surface area contributed by atoms with E-state index in [-0.39, 0.29) is 12.2 Å². The van der Waals surface area contributed by atoms with Crippen LogP contribution in [0.5, 0.6) is 0 Å². The van der Waals surface area contributed by atoms with E-state index in [1.807, 2.05) is 0 Å². The number of ketones is 2. The van der Waals surface area contributed by atoms with Gasteiger partial charge in [-0.25, -0.2) is 0 Å². The topological polar surface area (TPSA) is 110 Å². The second kappa shape index (κ2) is 5.99. The molecule has 1 spiro atoms. The van der Waals surface area contributed by atoms with Gasteiger partial charge in [-0.05, 0) is 24.1 Å². The lowest BCUT2D eigenvalue weighted by Crippen LogP contribution is -2.54. The Hall–Kier alpha value is -2.25. The minimum atomic E-state index is -1.59. The zero-order valence-corrected chi connectivity index (χ0v) is 13.3. The lowest BCUT2D eigenvalue weighted by Gasteiger charge is -2.35. The van der Waals surface area contributed by atoms with E-state index in [0.29, 0.717) is 23.6 Å². The van der Waals surface area contributed by atoms with Crippen molar-refractivity contribution < 1.29 is 29.0 Å². The normalized spacial score (nSPS) is 25.6. The third-order valence-corrected chi connectivity index (χ3v) is 4.69. The first-order valence-corrected chi connectivity index (χ1v) is 7.70. The molecule has 2 unspecified atom stereocenters. The number of Topliss-reactive ketones (excluding diaryl/α,β-unsaturated/α-hetero) is 2. The van der Waals surface area contributed by atoms with Crippen molar-refractivity contribution in [1.82, 2.24) is 5.32 Å². The highest BCUT2D eigenvalue weighted by Crippen LogP contribution is 2.43. The average molecular weight is 352 g/mol.